The van der Waals surface area contributed by atoms with E-state index in [1.54, 1.807) is 6.20 Å². The number of hydrogen-bond acceptors (Lipinski definition) is 3. The number of ether oxygens (including phenoxy) is 1. The second-order valence-electron chi connectivity index (χ2n) is 6.47. The number of nitrogens with zero attached hydrogens (tertiary/aromatic N) is 1. The maximum Gasteiger partial charge on any atom is 0.226 e. The molecule has 2 aliphatic rings. The maximum atomic E-state index is 12.8. The molecule has 0 aliphatic carbocycles. The SMILES string of the molecule is O=C(NC(c1cccc(Cl)c1)c1ccccn1)C1CC2CCC1O2. The largest absolute Gasteiger partial charge is 0.374 e. The number of fused-ring (bicyclic) bond motifs is 2. The fourth-order valence-electron chi connectivity index (χ4n) is 3.72. The Morgan fingerprint density at radius 3 is 2.83 bits per heavy atom. The third-order valence-corrected chi connectivity index (χ3v) is 5.13. The topological polar surface area (TPSA) is 51.2 Å². The lowest BCUT2D eigenvalue weighted by molar-refractivity contribution is -0.127. The van der Waals surface area contributed by atoms with Gasteiger partial charge in [-0.05, 0) is 49.1 Å². The third kappa shape index (κ3) is 3.04. The Morgan fingerprint density at radius 2 is 2.17 bits per heavy atom. The van der Waals surface area contributed by atoms with Crippen molar-refractivity contribution in [3.05, 3.63) is 64.9 Å². The van der Waals surface area contributed by atoms with Gasteiger partial charge in [-0.3, -0.25) is 9.78 Å². The maximum absolute atomic E-state index is 12.8. The molecule has 1 aromatic heterocycles. The summed E-state index contributed by atoms with van der Waals surface area (Å²) in [6.07, 6.45) is 4.94. The van der Waals surface area contributed by atoms with E-state index in [0.29, 0.717) is 5.02 Å². The van der Waals surface area contributed by atoms with Gasteiger partial charge in [-0.1, -0.05) is 29.8 Å². The van der Waals surface area contributed by atoms with Crippen LogP contribution in [0, 0.1) is 5.92 Å². The molecular weight excluding hydrogens is 324 g/mol. The Morgan fingerprint density at radius 1 is 1.25 bits per heavy atom. The highest BCUT2D eigenvalue weighted by Gasteiger charge is 2.44. The third-order valence-electron chi connectivity index (χ3n) is 4.89. The predicted octanol–water partition coefficient (Wildman–Crippen LogP) is 3.51. The smallest absolute Gasteiger partial charge is 0.226 e. The average Bonchev–Trinajstić information content (AvgIpc) is 3.23. The summed E-state index contributed by atoms with van der Waals surface area (Å²) in [5.41, 5.74) is 1.73. The first-order valence-corrected chi connectivity index (χ1v) is 8.71. The molecule has 5 heteroatoms. The van der Waals surface area contributed by atoms with Crippen LogP contribution in [0.3, 0.4) is 0 Å². The number of nitrogens with one attached hydrogen (secondary N) is 1. The summed E-state index contributed by atoms with van der Waals surface area (Å²) in [7, 11) is 0. The monoisotopic (exact) mass is 342 g/mol. The Labute approximate surface area is 146 Å². The van der Waals surface area contributed by atoms with Crippen LogP contribution in [-0.2, 0) is 9.53 Å². The molecule has 4 rings (SSSR count). The molecule has 4 nitrogen and oxygen atoms in total. The van der Waals surface area contributed by atoms with Crippen molar-refractivity contribution in [3.63, 3.8) is 0 Å². The number of aromatic nitrogens is 1. The number of carbonyl (C=O) groups excluding carboxylic acids is 1. The van der Waals surface area contributed by atoms with E-state index in [-0.39, 0.29) is 30.1 Å². The zero-order valence-corrected chi connectivity index (χ0v) is 13.9. The first-order valence-electron chi connectivity index (χ1n) is 8.33. The van der Waals surface area contributed by atoms with Crippen LogP contribution in [0.5, 0.6) is 0 Å². The molecule has 0 radical (unpaired) electrons. The molecule has 24 heavy (non-hydrogen) atoms. The van der Waals surface area contributed by atoms with Crippen LogP contribution >= 0.6 is 11.6 Å². The van der Waals surface area contributed by atoms with Crippen molar-refractivity contribution in [2.75, 3.05) is 0 Å². The predicted molar refractivity (Wildman–Crippen MR) is 91.7 cm³/mol. The van der Waals surface area contributed by atoms with Crippen LogP contribution in [0.1, 0.15) is 36.6 Å². The van der Waals surface area contributed by atoms with Crippen molar-refractivity contribution < 1.29 is 9.53 Å². The Kier molecular flexibility index (Phi) is 4.25. The molecule has 2 aromatic rings. The second-order valence-corrected chi connectivity index (χ2v) is 6.90. The molecule has 2 aliphatic heterocycles. The minimum atomic E-state index is -0.309. The summed E-state index contributed by atoms with van der Waals surface area (Å²) >= 11 is 6.14. The van der Waals surface area contributed by atoms with E-state index in [4.69, 9.17) is 16.3 Å². The molecule has 124 valence electrons. The molecule has 2 fully saturated rings. The summed E-state index contributed by atoms with van der Waals surface area (Å²) < 4.78 is 5.82. The molecule has 2 bridgehead atoms. The molecule has 0 saturated carbocycles. The molecule has 1 amide bonds. The quantitative estimate of drug-likeness (QED) is 0.925. The van der Waals surface area contributed by atoms with Crippen LogP contribution < -0.4 is 5.32 Å². The van der Waals surface area contributed by atoms with Crippen LogP contribution in [0.15, 0.2) is 48.7 Å². The normalized spacial score (nSPS) is 26.3. The van der Waals surface area contributed by atoms with E-state index in [2.05, 4.69) is 10.3 Å². The van der Waals surface area contributed by atoms with Gasteiger partial charge in [0.1, 0.15) is 0 Å². The Bertz CT molecular complexity index is 737. The van der Waals surface area contributed by atoms with E-state index < -0.39 is 0 Å². The van der Waals surface area contributed by atoms with Crippen molar-refractivity contribution in [2.45, 2.75) is 37.5 Å². The van der Waals surface area contributed by atoms with Gasteiger partial charge in [-0.25, -0.2) is 0 Å². The minimum Gasteiger partial charge on any atom is -0.374 e. The van der Waals surface area contributed by atoms with E-state index in [9.17, 15) is 4.79 Å². The summed E-state index contributed by atoms with van der Waals surface area (Å²) in [5, 5.41) is 3.81. The van der Waals surface area contributed by atoms with Gasteiger partial charge in [0.2, 0.25) is 5.91 Å². The van der Waals surface area contributed by atoms with Crippen molar-refractivity contribution in [3.8, 4) is 0 Å². The number of pyridine rings is 1. The van der Waals surface area contributed by atoms with Gasteiger partial charge in [0.05, 0.1) is 29.9 Å². The van der Waals surface area contributed by atoms with Gasteiger partial charge >= 0.3 is 0 Å². The van der Waals surface area contributed by atoms with E-state index in [1.807, 2.05) is 42.5 Å². The lowest BCUT2D eigenvalue weighted by atomic mass is 9.88. The summed E-state index contributed by atoms with van der Waals surface area (Å²) in [6.45, 7) is 0. The fraction of sp³-hybridized carbons (Fsp3) is 0.368. The summed E-state index contributed by atoms with van der Waals surface area (Å²) in [4.78, 5) is 17.2. The van der Waals surface area contributed by atoms with Crippen molar-refractivity contribution in [1.29, 1.82) is 0 Å². The van der Waals surface area contributed by atoms with E-state index >= 15 is 0 Å². The van der Waals surface area contributed by atoms with E-state index in [0.717, 1.165) is 30.5 Å². The standard InChI is InChI=1S/C19H19ClN2O2/c20-13-5-3-4-12(10-13)18(16-6-1-2-9-21-16)22-19(23)15-11-14-7-8-17(15)24-14/h1-6,9-10,14-15,17-18H,7-8,11H2,(H,22,23). The molecule has 1 aromatic carbocycles. The van der Waals surface area contributed by atoms with Crippen molar-refractivity contribution in [1.82, 2.24) is 10.3 Å². The zero-order valence-electron chi connectivity index (χ0n) is 13.2. The van der Waals surface area contributed by atoms with Crippen LogP contribution in [0.4, 0.5) is 0 Å². The lowest BCUT2D eigenvalue weighted by Crippen LogP contribution is -2.38. The number of rotatable bonds is 4. The molecule has 3 heterocycles. The highest BCUT2D eigenvalue weighted by atomic mass is 35.5. The molecule has 0 spiro atoms. The first kappa shape index (κ1) is 15.6. The molecule has 4 atom stereocenters. The number of amides is 1. The van der Waals surface area contributed by atoms with Gasteiger partial charge in [0.25, 0.3) is 0 Å². The lowest BCUT2D eigenvalue weighted by Gasteiger charge is -2.24. The number of carbonyl (C=O) groups is 1. The summed E-state index contributed by atoms with van der Waals surface area (Å²) in [6, 6.07) is 12.9. The Balaban J connectivity index is 1.60. The van der Waals surface area contributed by atoms with Gasteiger partial charge in [-0.15, -0.1) is 0 Å². The van der Waals surface area contributed by atoms with Gasteiger partial charge < -0.3 is 10.1 Å². The van der Waals surface area contributed by atoms with Crippen molar-refractivity contribution in [2.24, 2.45) is 5.92 Å². The minimum absolute atomic E-state index is 0.0397. The molecule has 1 N–H and O–H groups in total. The highest BCUT2D eigenvalue weighted by molar-refractivity contribution is 6.30. The number of hydrogen-bond donors (Lipinski definition) is 1. The average molecular weight is 343 g/mol. The van der Waals surface area contributed by atoms with Gasteiger partial charge in [0, 0.05) is 11.2 Å². The van der Waals surface area contributed by atoms with Crippen molar-refractivity contribution >= 4 is 17.5 Å². The van der Waals surface area contributed by atoms with Crippen LogP contribution in [0.2, 0.25) is 5.02 Å². The molecule has 2 saturated heterocycles. The molecule has 4 unspecified atom stereocenters. The Hall–Kier alpha value is -1.91. The number of halogens is 1. The van der Waals surface area contributed by atoms with Crippen LogP contribution in [-0.4, -0.2) is 23.1 Å². The highest BCUT2D eigenvalue weighted by Crippen LogP contribution is 2.39. The summed E-state index contributed by atoms with van der Waals surface area (Å²) in [5.74, 6) is -0.0213. The fourth-order valence-corrected chi connectivity index (χ4v) is 3.92. The van der Waals surface area contributed by atoms with Gasteiger partial charge in [-0.2, -0.15) is 0 Å². The molecular formula is C19H19ClN2O2. The number of benzene rings is 1. The second kappa shape index (κ2) is 6.54. The van der Waals surface area contributed by atoms with Gasteiger partial charge in [0.15, 0.2) is 0 Å². The zero-order chi connectivity index (χ0) is 16.5. The van der Waals surface area contributed by atoms with Crippen LogP contribution in [0.25, 0.3) is 0 Å². The first-order chi connectivity index (χ1) is 11.7. The van der Waals surface area contributed by atoms with E-state index in [1.165, 1.54) is 0 Å².